The van der Waals surface area contributed by atoms with Gasteiger partial charge in [-0.05, 0) is 37.2 Å². The van der Waals surface area contributed by atoms with Crippen molar-refractivity contribution in [2.75, 3.05) is 7.11 Å². The third kappa shape index (κ3) is 2.59. The van der Waals surface area contributed by atoms with Gasteiger partial charge in [-0.3, -0.25) is 0 Å². The largest absolute Gasteiger partial charge is 0.465 e. The smallest absolute Gasteiger partial charge is 0.348 e. The van der Waals surface area contributed by atoms with Crippen molar-refractivity contribution < 1.29 is 9.53 Å². The van der Waals surface area contributed by atoms with E-state index >= 15 is 0 Å². The lowest BCUT2D eigenvalue weighted by Crippen LogP contribution is -2.15. The van der Waals surface area contributed by atoms with Gasteiger partial charge in [0.15, 0.2) is 0 Å². The Kier molecular flexibility index (Phi) is 4.36. The molecule has 0 aromatic carbocycles. The van der Waals surface area contributed by atoms with E-state index in [0.717, 1.165) is 31.3 Å². The van der Waals surface area contributed by atoms with Crippen LogP contribution in [0, 0.1) is 17.2 Å². The van der Waals surface area contributed by atoms with Crippen molar-refractivity contribution in [3.8, 4) is 6.07 Å². The van der Waals surface area contributed by atoms with Crippen LogP contribution in [-0.4, -0.2) is 13.1 Å². The highest BCUT2D eigenvalue weighted by Gasteiger charge is 2.24. The van der Waals surface area contributed by atoms with Gasteiger partial charge in [0.05, 0.1) is 7.11 Å². The Labute approximate surface area is 90.7 Å². The van der Waals surface area contributed by atoms with Gasteiger partial charge >= 0.3 is 5.97 Å². The molecule has 0 bridgehead atoms. The van der Waals surface area contributed by atoms with Crippen molar-refractivity contribution in [3.63, 3.8) is 0 Å². The lowest BCUT2D eigenvalue weighted by molar-refractivity contribution is -0.135. The summed E-state index contributed by atoms with van der Waals surface area (Å²) in [6, 6.07) is 1.99. The fraction of sp³-hybridized carbons (Fsp3) is 0.667. The number of allylic oxidation sites excluding steroid dienone is 1. The van der Waals surface area contributed by atoms with Gasteiger partial charge < -0.3 is 4.74 Å². The Morgan fingerprint density at radius 2 is 2.33 bits per heavy atom. The molecule has 1 atom stereocenters. The summed E-state index contributed by atoms with van der Waals surface area (Å²) in [5, 5.41) is 8.98. The highest BCUT2D eigenvalue weighted by molar-refractivity contribution is 5.93. The first-order chi connectivity index (χ1) is 7.24. The van der Waals surface area contributed by atoms with Crippen molar-refractivity contribution in [1.82, 2.24) is 0 Å². The monoisotopic (exact) mass is 207 g/mol. The molecule has 1 aliphatic carbocycles. The number of rotatable bonds is 2. The molecule has 0 spiro atoms. The van der Waals surface area contributed by atoms with E-state index in [-0.39, 0.29) is 5.57 Å². The summed E-state index contributed by atoms with van der Waals surface area (Å²) in [6.07, 6.45) is 5.23. The predicted molar refractivity (Wildman–Crippen MR) is 56.9 cm³/mol. The van der Waals surface area contributed by atoms with Gasteiger partial charge in [0, 0.05) is 0 Å². The molecule has 0 aromatic rings. The molecule has 0 saturated heterocycles. The molecule has 1 saturated carbocycles. The third-order valence-electron chi connectivity index (χ3n) is 3.06. The zero-order chi connectivity index (χ0) is 11.3. The maximum absolute atomic E-state index is 11.4. The quantitative estimate of drug-likeness (QED) is 0.397. The van der Waals surface area contributed by atoms with E-state index < -0.39 is 5.97 Å². The van der Waals surface area contributed by atoms with Gasteiger partial charge in [-0.25, -0.2) is 4.79 Å². The summed E-state index contributed by atoms with van der Waals surface area (Å²) in [7, 11) is 1.32. The van der Waals surface area contributed by atoms with Crippen LogP contribution < -0.4 is 0 Å². The fourth-order valence-electron chi connectivity index (χ4n) is 2.21. The molecular weight excluding hydrogens is 190 g/mol. The van der Waals surface area contributed by atoms with Gasteiger partial charge in [0.25, 0.3) is 0 Å². The molecule has 0 amide bonds. The Morgan fingerprint density at radius 1 is 1.60 bits per heavy atom. The van der Waals surface area contributed by atoms with E-state index in [9.17, 15) is 4.79 Å². The van der Waals surface area contributed by atoms with Crippen LogP contribution in [0.25, 0.3) is 0 Å². The lowest BCUT2D eigenvalue weighted by Gasteiger charge is -2.24. The first-order valence-corrected chi connectivity index (χ1v) is 5.46. The zero-order valence-corrected chi connectivity index (χ0v) is 9.38. The first kappa shape index (κ1) is 11.8. The predicted octanol–water partition coefficient (Wildman–Crippen LogP) is 2.58. The second-order valence-electron chi connectivity index (χ2n) is 3.85. The molecule has 82 valence electrons. The zero-order valence-electron chi connectivity index (χ0n) is 9.38. The normalized spacial score (nSPS) is 24.2. The van der Waals surface area contributed by atoms with Crippen LogP contribution in [0.2, 0.25) is 0 Å². The van der Waals surface area contributed by atoms with Crippen molar-refractivity contribution >= 4 is 5.97 Å². The van der Waals surface area contributed by atoms with E-state index in [1.807, 2.05) is 6.07 Å². The molecule has 0 aliphatic heterocycles. The van der Waals surface area contributed by atoms with E-state index in [1.165, 1.54) is 13.5 Å². The van der Waals surface area contributed by atoms with E-state index in [2.05, 4.69) is 11.7 Å². The minimum Gasteiger partial charge on any atom is -0.465 e. The molecule has 15 heavy (non-hydrogen) atoms. The topological polar surface area (TPSA) is 50.1 Å². The number of hydrogen-bond donors (Lipinski definition) is 0. The van der Waals surface area contributed by atoms with Crippen LogP contribution in [0.5, 0.6) is 0 Å². The Bertz CT molecular complexity index is 312. The number of nitrogens with zero attached hydrogens (tertiary/aromatic N) is 1. The molecule has 1 unspecified atom stereocenters. The maximum atomic E-state index is 11.4. The molecule has 1 aliphatic rings. The van der Waals surface area contributed by atoms with Gasteiger partial charge in [-0.1, -0.05) is 13.3 Å². The number of carbonyl (C=O) groups excluding carboxylic acids is 1. The highest BCUT2D eigenvalue weighted by Crippen LogP contribution is 2.33. The van der Waals surface area contributed by atoms with Crippen LogP contribution in [0.1, 0.15) is 39.0 Å². The van der Waals surface area contributed by atoms with Crippen molar-refractivity contribution in [2.24, 2.45) is 5.92 Å². The summed E-state index contributed by atoms with van der Waals surface area (Å²) in [4.78, 5) is 11.4. The highest BCUT2D eigenvalue weighted by atomic mass is 16.5. The van der Waals surface area contributed by atoms with Crippen LogP contribution in [-0.2, 0) is 9.53 Å². The van der Waals surface area contributed by atoms with Crippen molar-refractivity contribution in [2.45, 2.75) is 39.0 Å². The lowest BCUT2D eigenvalue weighted by atomic mass is 9.80. The van der Waals surface area contributed by atoms with Crippen LogP contribution >= 0.6 is 0 Å². The number of hydrogen-bond acceptors (Lipinski definition) is 3. The molecule has 0 radical (unpaired) electrons. The van der Waals surface area contributed by atoms with Gasteiger partial charge in [0.2, 0.25) is 0 Å². The van der Waals surface area contributed by atoms with Gasteiger partial charge in [-0.15, -0.1) is 0 Å². The number of carbonyl (C=O) groups is 1. The summed E-state index contributed by atoms with van der Waals surface area (Å²) in [6.45, 7) is 2.10. The van der Waals surface area contributed by atoms with Crippen LogP contribution in [0.4, 0.5) is 0 Å². The van der Waals surface area contributed by atoms with Crippen LogP contribution in [0.3, 0.4) is 0 Å². The summed E-state index contributed by atoms with van der Waals surface area (Å²) in [5.41, 5.74) is 1.25. The van der Waals surface area contributed by atoms with Crippen LogP contribution in [0.15, 0.2) is 11.1 Å². The fourth-order valence-corrected chi connectivity index (χ4v) is 2.21. The number of methoxy groups -OCH3 is 1. The SMILES string of the molecule is CCC1CCCC/C1=C(\C#N)C(=O)OC. The number of esters is 1. The molecule has 3 nitrogen and oxygen atoms in total. The van der Waals surface area contributed by atoms with E-state index in [0.29, 0.717) is 5.92 Å². The minimum atomic E-state index is -0.479. The number of nitriles is 1. The summed E-state index contributed by atoms with van der Waals surface area (Å²) < 4.78 is 4.63. The third-order valence-corrected chi connectivity index (χ3v) is 3.06. The average Bonchev–Trinajstić information content (AvgIpc) is 2.30. The van der Waals surface area contributed by atoms with Gasteiger partial charge in [-0.2, -0.15) is 5.26 Å². The molecular formula is C12H17NO2. The van der Waals surface area contributed by atoms with Gasteiger partial charge in [0.1, 0.15) is 11.6 Å². The standard InChI is InChI=1S/C12H17NO2/c1-3-9-6-4-5-7-10(9)11(8-13)12(14)15-2/h9H,3-7H2,1-2H3/b11-10-. The molecule has 1 rings (SSSR count). The molecule has 0 aromatic heterocycles. The van der Waals surface area contributed by atoms with Crippen molar-refractivity contribution in [3.05, 3.63) is 11.1 Å². The second-order valence-corrected chi connectivity index (χ2v) is 3.85. The number of ether oxygens (including phenoxy) is 1. The molecule has 1 fully saturated rings. The average molecular weight is 207 g/mol. The summed E-state index contributed by atoms with van der Waals surface area (Å²) in [5.74, 6) is -0.0830. The first-order valence-electron chi connectivity index (χ1n) is 5.46. The van der Waals surface area contributed by atoms with E-state index in [4.69, 9.17) is 5.26 Å². The Morgan fingerprint density at radius 3 is 2.87 bits per heavy atom. The summed E-state index contributed by atoms with van der Waals surface area (Å²) >= 11 is 0. The molecule has 0 N–H and O–H groups in total. The van der Waals surface area contributed by atoms with E-state index in [1.54, 1.807) is 0 Å². The van der Waals surface area contributed by atoms with Crippen molar-refractivity contribution in [1.29, 1.82) is 5.26 Å². The maximum Gasteiger partial charge on any atom is 0.348 e. The second kappa shape index (κ2) is 5.55. The minimum absolute atomic E-state index is 0.240. The Hall–Kier alpha value is -1.30. The molecule has 0 heterocycles. The molecule has 3 heteroatoms. The Balaban J connectivity index is 3.01.